The van der Waals surface area contributed by atoms with E-state index in [4.69, 9.17) is 0 Å². The maximum absolute atomic E-state index is 13.3. The first-order valence-electron chi connectivity index (χ1n) is 11.7. The number of carbonyl (C=O) groups excluding carboxylic acids is 2. The number of nitrogens with one attached hydrogen (secondary N) is 1. The maximum atomic E-state index is 13.3. The van der Waals surface area contributed by atoms with Gasteiger partial charge in [-0.2, -0.15) is 0 Å². The average molecular weight is 488 g/mol. The van der Waals surface area contributed by atoms with E-state index in [1.807, 2.05) is 57.2 Å². The molecule has 0 aliphatic rings. The fourth-order valence-electron chi connectivity index (χ4n) is 3.96. The van der Waals surface area contributed by atoms with Crippen LogP contribution in [0.15, 0.2) is 48.5 Å². The van der Waals surface area contributed by atoms with Crippen molar-refractivity contribution in [3.8, 4) is 0 Å². The van der Waals surface area contributed by atoms with Crippen LogP contribution < -0.4 is 9.62 Å². The van der Waals surface area contributed by atoms with E-state index in [0.29, 0.717) is 25.1 Å². The van der Waals surface area contributed by atoms with Crippen LogP contribution in [0, 0.1) is 6.92 Å². The monoisotopic (exact) mass is 487 g/mol. The van der Waals surface area contributed by atoms with E-state index in [2.05, 4.69) is 5.32 Å². The molecule has 1 unspecified atom stereocenters. The van der Waals surface area contributed by atoms with Gasteiger partial charge in [-0.15, -0.1) is 0 Å². The molecule has 2 amide bonds. The first-order valence-corrected chi connectivity index (χ1v) is 13.6. The van der Waals surface area contributed by atoms with Crippen molar-refractivity contribution in [1.29, 1.82) is 0 Å². The minimum Gasteiger partial charge on any atom is -0.357 e. The number of aryl methyl sites for hydroxylation is 2. The highest BCUT2D eigenvalue weighted by Crippen LogP contribution is 2.21. The molecule has 2 aromatic rings. The number of hydrogen-bond donors (Lipinski definition) is 1. The fourth-order valence-corrected chi connectivity index (χ4v) is 4.92. The van der Waals surface area contributed by atoms with Crippen LogP contribution in [-0.2, 0) is 32.6 Å². The lowest BCUT2D eigenvalue weighted by Gasteiger charge is -2.31. The van der Waals surface area contributed by atoms with Crippen LogP contribution in [0.3, 0.4) is 0 Å². The number of hydrogen-bond acceptors (Lipinski definition) is 4. The smallest absolute Gasteiger partial charge is 0.242 e. The Morgan fingerprint density at radius 2 is 1.68 bits per heavy atom. The molecule has 0 saturated carbocycles. The van der Waals surface area contributed by atoms with Gasteiger partial charge in [-0.05, 0) is 55.0 Å². The molecule has 7 nitrogen and oxygen atoms in total. The maximum Gasteiger partial charge on any atom is 0.242 e. The first-order chi connectivity index (χ1) is 16.1. The number of anilines is 1. The summed E-state index contributed by atoms with van der Waals surface area (Å²) in [7, 11) is -1.94. The molecule has 0 heterocycles. The van der Waals surface area contributed by atoms with Gasteiger partial charge in [0.1, 0.15) is 6.04 Å². The predicted molar refractivity (Wildman–Crippen MR) is 137 cm³/mol. The van der Waals surface area contributed by atoms with Crippen molar-refractivity contribution >= 4 is 27.5 Å². The number of benzene rings is 2. The Kier molecular flexibility index (Phi) is 10.1. The zero-order valence-electron chi connectivity index (χ0n) is 20.9. The second-order valence-corrected chi connectivity index (χ2v) is 10.4. The molecule has 186 valence electrons. The summed E-state index contributed by atoms with van der Waals surface area (Å²) in [5.41, 5.74) is 3.73. The molecule has 1 atom stereocenters. The largest absolute Gasteiger partial charge is 0.357 e. The van der Waals surface area contributed by atoms with Gasteiger partial charge in [-0.3, -0.25) is 13.9 Å². The summed E-state index contributed by atoms with van der Waals surface area (Å²) < 4.78 is 26.2. The Balaban J connectivity index is 2.19. The van der Waals surface area contributed by atoms with E-state index in [-0.39, 0.29) is 24.8 Å². The molecule has 2 aromatic carbocycles. The summed E-state index contributed by atoms with van der Waals surface area (Å²) in [4.78, 5) is 27.4. The summed E-state index contributed by atoms with van der Waals surface area (Å²) in [6.07, 6.45) is 3.00. The van der Waals surface area contributed by atoms with Crippen molar-refractivity contribution < 1.29 is 18.0 Å². The molecular formula is C26H37N3O4S. The zero-order valence-corrected chi connectivity index (χ0v) is 21.7. The summed E-state index contributed by atoms with van der Waals surface area (Å²) in [6.45, 7) is 6.41. The highest BCUT2D eigenvalue weighted by molar-refractivity contribution is 7.92. The van der Waals surface area contributed by atoms with Crippen LogP contribution in [0.25, 0.3) is 0 Å². The SMILES string of the molecule is CCc1ccc(N(CCCC(=O)N(Cc2ccccc2C)C(CC)C(=O)NC)S(C)(=O)=O)cc1. The molecule has 0 spiro atoms. The topological polar surface area (TPSA) is 86.8 Å². The van der Waals surface area contributed by atoms with E-state index < -0.39 is 16.1 Å². The van der Waals surface area contributed by atoms with E-state index in [1.165, 1.54) is 10.6 Å². The molecule has 0 saturated heterocycles. The lowest BCUT2D eigenvalue weighted by molar-refractivity contribution is -0.141. The van der Waals surface area contributed by atoms with Gasteiger partial charge >= 0.3 is 0 Å². The zero-order chi connectivity index (χ0) is 25.3. The highest BCUT2D eigenvalue weighted by Gasteiger charge is 2.28. The van der Waals surface area contributed by atoms with E-state index >= 15 is 0 Å². The van der Waals surface area contributed by atoms with Crippen molar-refractivity contribution in [2.75, 3.05) is 24.2 Å². The van der Waals surface area contributed by atoms with Crippen molar-refractivity contribution in [1.82, 2.24) is 10.2 Å². The van der Waals surface area contributed by atoms with E-state index in [9.17, 15) is 18.0 Å². The Bertz CT molecular complexity index is 1070. The molecule has 0 aromatic heterocycles. The minimum absolute atomic E-state index is 0.137. The molecule has 0 radical (unpaired) electrons. The summed E-state index contributed by atoms with van der Waals surface area (Å²) in [5, 5.41) is 2.66. The van der Waals surface area contributed by atoms with Gasteiger partial charge in [-0.1, -0.05) is 50.2 Å². The Hall–Kier alpha value is -2.87. The van der Waals surface area contributed by atoms with Gasteiger partial charge in [0.25, 0.3) is 0 Å². The van der Waals surface area contributed by atoms with Crippen LogP contribution >= 0.6 is 0 Å². The standard InChI is InChI=1S/C26H37N3O4S/c1-6-21-14-16-23(17-15-21)29(34(5,32)33)18-10-13-25(30)28(24(7-2)26(31)27-4)19-22-12-9-8-11-20(22)3/h8-9,11-12,14-17,24H,6-7,10,13,18-19H2,1-5H3,(H,27,31). The minimum atomic E-state index is -3.50. The summed E-state index contributed by atoms with van der Waals surface area (Å²) >= 11 is 0. The van der Waals surface area contributed by atoms with Crippen molar-refractivity contribution in [3.05, 3.63) is 65.2 Å². The molecule has 0 aliphatic carbocycles. The third kappa shape index (κ3) is 7.32. The van der Waals surface area contributed by atoms with E-state index in [1.54, 1.807) is 24.1 Å². The van der Waals surface area contributed by atoms with Crippen LogP contribution in [0.4, 0.5) is 5.69 Å². The van der Waals surface area contributed by atoms with Crippen LogP contribution in [0.2, 0.25) is 0 Å². The normalized spacial score (nSPS) is 12.1. The van der Waals surface area contributed by atoms with Gasteiger partial charge in [0.15, 0.2) is 0 Å². The molecule has 0 bridgehead atoms. The van der Waals surface area contributed by atoms with Crippen LogP contribution in [0.1, 0.15) is 49.8 Å². The lowest BCUT2D eigenvalue weighted by atomic mass is 10.1. The first kappa shape index (κ1) is 27.4. The second kappa shape index (κ2) is 12.6. The molecule has 34 heavy (non-hydrogen) atoms. The van der Waals surface area contributed by atoms with Crippen molar-refractivity contribution in [2.24, 2.45) is 0 Å². The molecule has 1 N–H and O–H groups in total. The lowest BCUT2D eigenvalue weighted by Crippen LogP contribution is -2.48. The van der Waals surface area contributed by atoms with Crippen LogP contribution in [0.5, 0.6) is 0 Å². The Labute approximate surface area is 204 Å². The van der Waals surface area contributed by atoms with Crippen molar-refractivity contribution in [2.45, 2.75) is 59.0 Å². The molecule has 0 aliphatic heterocycles. The number of amides is 2. The molecule has 2 rings (SSSR count). The Morgan fingerprint density at radius 3 is 2.21 bits per heavy atom. The van der Waals surface area contributed by atoms with Crippen molar-refractivity contribution in [3.63, 3.8) is 0 Å². The predicted octanol–water partition coefficient (Wildman–Crippen LogP) is 3.66. The summed E-state index contributed by atoms with van der Waals surface area (Å²) in [5.74, 6) is -0.383. The summed E-state index contributed by atoms with van der Waals surface area (Å²) in [6, 6.07) is 14.6. The van der Waals surface area contributed by atoms with Gasteiger partial charge in [0.2, 0.25) is 21.8 Å². The number of likely N-dealkylation sites (N-methyl/N-ethyl adjacent to an activating group) is 1. The third-order valence-corrected chi connectivity index (χ3v) is 7.21. The average Bonchev–Trinajstić information content (AvgIpc) is 2.81. The number of sulfonamides is 1. The molecule has 0 fully saturated rings. The van der Waals surface area contributed by atoms with Gasteiger partial charge in [0, 0.05) is 26.6 Å². The number of carbonyl (C=O) groups is 2. The Morgan fingerprint density at radius 1 is 1.03 bits per heavy atom. The third-order valence-electron chi connectivity index (χ3n) is 6.02. The van der Waals surface area contributed by atoms with Gasteiger partial charge in [-0.25, -0.2) is 8.42 Å². The molecule has 8 heteroatoms. The fraction of sp³-hybridized carbons (Fsp3) is 0.462. The van der Waals surface area contributed by atoms with Gasteiger partial charge in [0.05, 0.1) is 11.9 Å². The van der Waals surface area contributed by atoms with Gasteiger partial charge < -0.3 is 10.2 Å². The molecular weight excluding hydrogens is 450 g/mol. The second-order valence-electron chi connectivity index (χ2n) is 8.45. The van der Waals surface area contributed by atoms with Crippen LogP contribution in [-0.4, -0.2) is 51.0 Å². The number of nitrogens with zero attached hydrogens (tertiary/aromatic N) is 2. The quantitative estimate of drug-likeness (QED) is 0.495. The highest BCUT2D eigenvalue weighted by atomic mass is 32.2. The van der Waals surface area contributed by atoms with E-state index in [0.717, 1.165) is 23.1 Å². The number of rotatable bonds is 12.